The molecule has 0 unspecified atom stereocenters. The fourth-order valence-electron chi connectivity index (χ4n) is 1.92. The minimum Gasteiger partial charge on any atom is -0.481 e. The van der Waals surface area contributed by atoms with E-state index in [1.807, 2.05) is 6.07 Å². The van der Waals surface area contributed by atoms with Crippen molar-refractivity contribution in [2.45, 2.75) is 0 Å². The topological polar surface area (TPSA) is 88.1 Å². The molecule has 3 aromatic rings. The number of H-pyrrole nitrogens is 1. The Hall–Kier alpha value is -2.89. The molecule has 2 heterocycles. The summed E-state index contributed by atoms with van der Waals surface area (Å²) in [6.07, 6.45) is 0. The van der Waals surface area contributed by atoms with E-state index in [0.717, 1.165) is 0 Å². The van der Waals surface area contributed by atoms with Crippen molar-refractivity contribution in [2.75, 3.05) is 7.11 Å². The van der Waals surface area contributed by atoms with E-state index in [1.54, 1.807) is 31.4 Å². The third-order valence-corrected chi connectivity index (χ3v) is 2.90. The molecule has 3 rings (SSSR count). The zero-order chi connectivity index (χ0) is 14.1. The number of pyridine rings is 1. The minimum absolute atomic E-state index is 0.214. The molecule has 0 aliphatic rings. The van der Waals surface area contributed by atoms with Gasteiger partial charge in [-0.3, -0.25) is 0 Å². The molecule has 0 saturated heterocycles. The summed E-state index contributed by atoms with van der Waals surface area (Å²) in [4.78, 5) is 22.7. The molecule has 2 aromatic heterocycles. The van der Waals surface area contributed by atoms with E-state index < -0.39 is 5.97 Å². The number of nitrogens with zero attached hydrogens (tertiary/aromatic N) is 2. The van der Waals surface area contributed by atoms with Crippen LogP contribution in [0.2, 0.25) is 0 Å². The van der Waals surface area contributed by atoms with Gasteiger partial charge >= 0.3 is 5.97 Å². The van der Waals surface area contributed by atoms with Crippen LogP contribution < -0.4 is 4.74 Å². The molecule has 0 atom stereocenters. The molecule has 100 valence electrons. The Labute approximate surface area is 114 Å². The normalized spacial score (nSPS) is 10.7. The van der Waals surface area contributed by atoms with Crippen molar-refractivity contribution in [2.24, 2.45) is 0 Å². The van der Waals surface area contributed by atoms with E-state index in [2.05, 4.69) is 15.0 Å². The number of ether oxygens (including phenoxy) is 1. The molecule has 0 saturated carbocycles. The van der Waals surface area contributed by atoms with Gasteiger partial charge in [0.25, 0.3) is 0 Å². The summed E-state index contributed by atoms with van der Waals surface area (Å²) in [5.41, 5.74) is 2.20. The van der Waals surface area contributed by atoms with Gasteiger partial charge in [-0.05, 0) is 24.3 Å². The summed E-state index contributed by atoms with van der Waals surface area (Å²) in [5.74, 6) is 0.0955. The van der Waals surface area contributed by atoms with E-state index in [-0.39, 0.29) is 5.56 Å². The number of carbonyl (C=O) groups is 1. The SMILES string of the molecule is COc1cccc(-c2nc3ccc(C(=O)O)cc3[nH]2)n1. The van der Waals surface area contributed by atoms with Crippen molar-refractivity contribution in [3.8, 4) is 17.4 Å². The number of rotatable bonds is 3. The second-order valence-corrected chi connectivity index (χ2v) is 4.19. The first-order valence-electron chi connectivity index (χ1n) is 5.92. The Morgan fingerprint density at radius 1 is 1.25 bits per heavy atom. The molecule has 2 N–H and O–H groups in total. The third kappa shape index (κ3) is 2.07. The molecular weight excluding hydrogens is 258 g/mol. The number of fused-ring (bicyclic) bond motifs is 1. The number of methoxy groups -OCH3 is 1. The van der Waals surface area contributed by atoms with Crippen molar-refractivity contribution in [1.29, 1.82) is 0 Å². The van der Waals surface area contributed by atoms with Gasteiger partial charge in [0, 0.05) is 6.07 Å². The predicted octanol–water partition coefficient (Wildman–Crippen LogP) is 2.33. The number of carboxylic acid groups (broad SMARTS) is 1. The first-order chi connectivity index (χ1) is 9.67. The van der Waals surface area contributed by atoms with Gasteiger partial charge in [-0.25, -0.2) is 14.8 Å². The molecule has 0 amide bonds. The highest BCUT2D eigenvalue weighted by atomic mass is 16.5. The first-order valence-corrected chi connectivity index (χ1v) is 5.92. The molecule has 0 aliphatic heterocycles. The summed E-state index contributed by atoms with van der Waals surface area (Å²) >= 11 is 0. The zero-order valence-corrected chi connectivity index (χ0v) is 10.6. The Morgan fingerprint density at radius 3 is 2.85 bits per heavy atom. The predicted molar refractivity (Wildman–Crippen MR) is 72.8 cm³/mol. The van der Waals surface area contributed by atoms with Gasteiger partial charge in [0.15, 0.2) is 5.82 Å². The van der Waals surface area contributed by atoms with Crippen LogP contribution in [-0.4, -0.2) is 33.1 Å². The molecule has 20 heavy (non-hydrogen) atoms. The van der Waals surface area contributed by atoms with Crippen molar-refractivity contribution in [3.05, 3.63) is 42.0 Å². The van der Waals surface area contributed by atoms with Gasteiger partial charge in [-0.2, -0.15) is 0 Å². The molecule has 0 spiro atoms. The van der Waals surface area contributed by atoms with Crippen LogP contribution in [0.3, 0.4) is 0 Å². The van der Waals surface area contributed by atoms with Crippen LogP contribution in [0.25, 0.3) is 22.6 Å². The number of hydrogen-bond acceptors (Lipinski definition) is 4. The summed E-state index contributed by atoms with van der Waals surface area (Å²) in [6, 6.07) is 10.1. The Kier molecular flexibility index (Phi) is 2.83. The smallest absolute Gasteiger partial charge is 0.335 e. The highest BCUT2D eigenvalue weighted by Gasteiger charge is 2.10. The molecule has 1 aromatic carbocycles. The Morgan fingerprint density at radius 2 is 2.10 bits per heavy atom. The first kappa shape index (κ1) is 12.2. The van der Waals surface area contributed by atoms with Crippen LogP contribution in [0.5, 0.6) is 5.88 Å². The number of aromatic nitrogens is 3. The lowest BCUT2D eigenvalue weighted by Gasteiger charge is -1.99. The molecule has 6 nitrogen and oxygen atoms in total. The molecule has 0 radical (unpaired) electrons. The lowest BCUT2D eigenvalue weighted by Crippen LogP contribution is -1.94. The lowest BCUT2D eigenvalue weighted by atomic mass is 10.2. The maximum absolute atomic E-state index is 10.9. The molecule has 0 fully saturated rings. The van der Waals surface area contributed by atoms with Crippen LogP contribution in [0, 0.1) is 0 Å². The van der Waals surface area contributed by atoms with Crippen LogP contribution in [0.15, 0.2) is 36.4 Å². The monoisotopic (exact) mass is 269 g/mol. The van der Waals surface area contributed by atoms with E-state index in [1.165, 1.54) is 6.07 Å². The van der Waals surface area contributed by atoms with Crippen LogP contribution >= 0.6 is 0 Å². The fourth-order valence-corrected chi connectivity index (χ4v) is 1.92. The Balaban J connectivity index is 2.10. The van der Waals surface area contributed by atoms with Crippen LogP contribution in [0.1, 0.15) is 10.4 Å². The number of benzene rings is 1. The second-order valence-electron chi connectivity index (χ2n) is 4.19. The Bertz CT molecular complexity index is 795. The number of imidazole rings is 1. The number of aromatic amines is 1. The summed E-state index contributed by atoms with van der Waals surface area (Å²) in [5, 5.41) is 8.97. The van der Waals surface area contributed by atoms with Gasteiger partial charge in [0.1, 0.15) is 5.69 Å². The summed E-state index contributed by atoms with van der Waals surface area (Å²) in [6.45, 7) is 0. The average molecular weight is 269 g/mol. The largest absolute Gasteiger partial charge is 0.481 e. The van der Waals surface area contributed by atoms with Crippen LogP contribution in [0.4, 0.5) is 0 Å². The van der Waals surface area contributed by atoms with Crippen molar-refractivity contribution >= 4 is 17.0 Å². The number of aromatic carboxylic acids is 1. The molecular formula is C14H11N3O3. The van der Waals surface area contributed by atoms with Gasteiger partial charge in [-0.1, -0.05) is 6.07 Å². The van der Waals surface area contributed by atoms with Crippen molar-refractivity contribution in [1.82, 2.24) is 15.0 Å². The van der Waals surface area contributed by atoms with Crippen LogP contribution in [-0.2, 0) is 0 Å². The zero-order valence-electron chi connectivity index (χ0n) is 10.6. The van der Waals surface area contributed by atoms with E-state index in [0.29, 0.717) is 28.4 Å². The molecule has 6 heteroatoms. The van der Waals surface area contributed by atoms with Gasteiger partial charge < -0.3 is 14.8 Å². The second kappa shape index (κ2) is 4.65. The quantitative estimate of drug-likeness (QED) is 0.761. The minimum atomic E-state index is -0.970. The maximum atomic E-state index is 10.9. The fraction of sp³-hybridized carbons (Fsp3) is 0.0714. The van der Waals surface area contributed by atoms with Crippen molar-refractivity contribution < 1.29 is 14.6 Å². The van der Waals surface area contributed by atoms with Gasteiger partial charge in [0.05, 0.1) is 23.7 Å². The van der Waals surface area contributed by atoms with Gasteiger partial charge in [0.2, 0.25) is 5.88 Å². The highest BCUT2D eigenvalue weighted by molar-refractivity contribution is 5.92. The maximum Gasteiger partial charge on any atom is 0.335 e. The number of hydrogen-bond donors (Lipinski definition) is 2. The van der Waals surface area contributed by atoms with Gasteiger partial charge in [-0.15, -0.1) is 0 Å². The number of carboxylic acids is 1. The summed E-state index contributed by atoms with van der Waals surface area (Å²) in [7, 11) is 1.55. The molecule has 0 bridgehead atoms. The molecule has 0 aliphatic carbocycles. The van der Waals surface area contributed by atoms with E-state index >= 15 is 0 Å². The average Bonchev–Trinajstić information content (AvgIpc) is 2.90. The van der Waals surface area contributed by atoms with E-state index in [9.17, 15) is 4.79 Å². The standard InChI is InChI=1S/C14H11N3O3/c1-20-12-4-2-3-10(15-12)13-16-9-6-5-8(14(18)19)7-11(9)17-13/h2-7H,1H3,(H,16,17)(H,18,19). The third-order valence-electron chi connectivity index (χ3n) is 2.90. The van der Waals surface area contributed by atoms with Crippen molar-refractivity contribution in [3.63, 3.8) is 0 Å². The number of nitrogens with one attached hydrogen (secondary N) is 1. The lowest BCUT2D eigenvalue weighted by molar-refractivity contribution is 0.0697. The highest BCUT2D eigenvalue weighted by Crippen LogP contribution is 2.21. The van der Waals surface area contributed by atoms with E-state index in [4.69, 9.17) is 9.84 Å². The summed E-state index contributed by atoms with van der Waals surface area (Å²) < 4.78 is 5.07.